The highest BCUT2D eigenvalue weighted by atomic mass is 16.5. The average Bonchev–Trinajstić information content (AvgIpc) is 2.98. The summed E-state index contributed by atoms with van der Waals surface area (Å²) in [5.41, 5.74) is 2.27. The summed E-state index contributed by atoms with van der Waals surface area (Å²) < 4.78 is 11.3. The summed E-state index contributed by atoms with van der Waals surface area (Å²) >= 11 is 0. The molecule has 5 heteroatoms. The van der Waals surface area contributed by atoms with E-state index in [1.54, 1.807) is 0 Å². The van der Waals surface area contributed by atoms with Gasteiger partial charge in [-0.15, -0.1) is 0 Å². The number of nitrogens with zero attached hydrogens (tertiary/aromatic N) is 3. The van der Waals surface area contributed by atoms with Gasteiger partial charge in [-0.2, -0.15) is 0 Å². The Morgan fingerprint density at radius 3 is 2.33 bits per heavy atom. The third-order valence-electron chi connectivity index (χ3n) is 5.56. The van der Waals surface area contributed by atoms with Crippen LogP contribution in [0.15, 0.2) is 21.1 Å². The molecule has 130 valence electrons. The van der Waals surface area contributed by atoms with E-state index in [1.165, 1.54) is 17.7 Å². The van der Waals surface area contributed by atoms with Gasteiger partial charge in [0.2, 0.25) is 0 Å². The summed E-state index contributed by atoms with van der Waals surface area (Å²) in [6.07, 6.45) is 1.29. The lowest BCUT2D eigenvalue weighted by atomic mass is 10.2. The molecule has 2 aromatic heterocycles. The lowest BCUT2D eigenvalue weighted by molar-refractivity contribution is 0.115. The van der Waals surface area contributed by atoms with Crippen molar-refractivity contribution in [1.29, 1.82) is 0 Å². The zero-order valence-electron chi connectivity index (χ0n) is 14.9. The number of piperazine rings is 1. The van der Waals surface area contributed by atoms with Gasteiger partial charge in [-0.05, 0) is 38.3 Å². The molecule has 0 unspecified atom stereocenters. The van der Waals surface area contributed by atoms with Crippen LogP contribution in [0, 0.1) is 19.8 Å². The fraction of sp³-hybridized carbons (Fsp3) is 0.632. The van der Waals surface area contributed by atoms with Crippen LogP contribution >= 0.6 is 0 Å². The van der Waals surface area contributed by atoms with Gasteiger partial charge in [0.15, 0.2) is 0 Å². The SMILES string of the molecule is Cc1noc(C)c1CN1CCN(Cc2ccc([C@H]3C[C@H]3C)o2)CC1. The maximum Gasteiger partial charge on any atom is 0.138 e. The van der Waals surface area contributed by atoms with E-state index in [1.807, 2.05) is 13.8 Å². The van der Waals surface area contributed by atoms with Crippen LogP contribution in [0.25, 0.3) is 0 Å². The fourth-order valence-electron chi connectivity index (χ4n) is 3.67. The predicted molar refractivity (Wildman–Crippen MR) is 91.8 cm³/mol. The molecule has 2 aromatic rings. The van der Waals surface area contributed by atoms with Gasteiger partial charge in [-0.25, -0.2) is 0 Å². The first-order chi connectivity index (χ1) is 11.6. The normalized spacial score (nSPS) is 25.3. The molecule has 0 amide bonds. The van der Waals surface area contributed by atoms with Crippen molar-refractivity contribution in [2.45, 2.75) is 46.2 Å². The molecule has 0 aromatic carbocycles. The molecule has 2 fully saturated rings. The average molecular weight is 329 g/mol. The lowest BCUT2D eigenvalue weighted by Gasteiger charge is -2.34. The van der Waals surface area contributed by atoms with Crippen LogP contribution in [0.2, 0.25) is 0 Å². The Morgan fingerprint density at radius 2 is 1.75 bits per heavy atom. The maximum absolute atomic E-state index is 6.05. The minimum atomic E-state index is 0.672. The Bertz CT molecular complexity index is 678. The Kier molecular flexibility index (Phi) is 4.22. The zero-order valence-corrected chi connectivity index (χ0v) is 14.9. The van der Waals surface area contributed by atoms with Crippen LogP contribution in [0.5, 0.6) is 0 Å². The number of aromatic nitrogens is 1. The first kappa shape index (κ1) is 15.9. The summed E-state index contributed by atoms with van der Waals surface area (Å²) in [6, 6.07) is 4.34. The van der Waals surface area contributed by atoms with Gasteiger partial charge < -0.3 is 8.94 Å². The zero-order chi connectivity index (χ0) is 16.7. The number of furan rings is 1. The molecule has 1 saturated heterocycles. The van der Waals surface area contributed by atoms with Crippen molar-refractivity contribution in [2.24, 2.45) is 5.92 Å². The topological polar surface area (TPSA) is 45.7 Å². The van der Waals surface area contributed by atoms with E-state index < -0.39 is 0 Å². The molecule has 1 saturated carbocycles. The van der Waals surface area contributed by atoms with Gasteiger partial charge in [-0.1, -0.05) is 12.1 Å². The van der Waals surface area contributed by atoms with Gasteiger partial charge in [0.05, 0.1) is 12.2 Å². The fourth-order valence-corrected chi connectivity index (χ4v) is 3.67. The Hall–Kier alpha value is -1.59. The molecule has 0 spiro atoms. The van der Waals surface area contributed by atoms with E-state index in [2.05, 4.69) is 34.0 Å². The van der Waals surface area contributed by atoms with Crippen molar-refractivity contribution in [1.82, 2.24) is 15.0 Å². The number of hydrogen-bond donors (Lipinski definition) is 0. The molecule has 0 N–H and O–H groups in total. The van der Waals surface area contributed by atoms with E-state index in [0.717, 1.165) is 62.4 Å². The van der Waals surface area contributed by atoms with Crippen LogP contribution in [-0.4, -0.2) is 41.1 Å². The van der Waals surface area contributed by atoms with Crippen molar-refractivity contribution in [3.05, 3.63) is 40.7 Å². The largest absolute Gasteiger partial charge is 0.464 e. The van der Waals surface area contributed by atoms with Crippen LogP contribution in [0.4, 0.5) is 0 Å². The lowest BCUT2D eigenvalue weighted by Crippen LogP contribution is -2.45. The minimum absolute atomic E-state index is 0.672. The molecule has 5 nitrogen and oxygen atoms in total. The van der Waals surface area contributed by atoms with Crippen LogP contribution in [0.3, 0.4) is 0 Å². The minimum Gasteiger partial charge on any atom is -0.464 e. The highest BCUT2D eigenvalue weighted by Gasteiger charge is 2.36. The second-order valence-corrected chi connectivity index (χ2v) is 7.48. The predicted octanol–water partition coefficient (Wildman–Crippen LogP) is 3.33. The molecule has 2 atom stereocenters. The summed E-state index contributed by atoms with van der Waals surface area (Å²) in [5.74, 6) is 4.73. The Balaban J connectivity index is 1.28. The van der Waals surface area contributed by atoms with Crippen molar-refractivity contribution in [3.8, 4) is 0 Å². The monoisotopic (exact) mass is 329 g/mol. The Labute approximate surface area is 143 Å². The van der Waals surface area contributed by atoms with Gasteiger partial charge in [0, 0.05) is 44.2 Å². The van der Waals surface area contributed by atoms with Crippen LogP contribution < -0.4 is 0 Å². The first-order valence-electron chi connectivity index (χ1n) is 9.05. The van der Waals surface area contributed by atoms with E-state index in [4.69, 9.17) is 8.94 Å². The van der Waals surface area contributed by atoms with E-state index in [0.29, 0.717) is 5.92 Å². The molecule has 4 rings (SSSR count). The molecule has 1 aliphatic heterocycles. The van der Waals surface area contributed by atoms with Crippen molar-refractivity contribution >= 4 is 0 Å². The molecule has 3 heterocycles. The number of rotatable bonds is 5. The summed E-state index contributed by atoms with van der Waals surface area (Å²) in [6.45, 7) is 12.5. The molecule has 24 heavy (non-hydrogen) atoms. The molecule has 0 bridgehead atoms. The van der Waals surface area contributed by atoms with Gasteiger partial charge >= 0.3 is 0 Å². The molecular formula is C19H27N3O2. The summed E-state index contributed by atoms with van der Waals surface area (Å²) in [5, 5.41) is 4.05. The first-order valence-corrected chi connectivity index (χ1v) is 9.05. The van der Waals surface area contributed by atoms with Crippen LogP contribution in [0.1, 0.15) is 47.8 Å². The third-order valence-corrected chi connectivity index (χ3v) is 5.56. The maximum atomic E-state index is 6.05. The quantitative estimate of drug-likeness (QED) is 0.842. The number of hydrogen-bond acceptors (Lipinski definition) is 5. The van der Waals surface area contributed by atoms with Crippen molar-refractivity contribution in [3.63, 3.8) is 0 Å². The summed E-state index contributed by atoms with van der Waals surface area (Å²) in [4.78, 5) is 4.98. The molecule has 2 aliphatic rings. The smallest absolute Gasteiger partial charge is 0.138 e. The molecule has 1 aliphatic carbocycles. The summed E-state index contributed by atoms with van der Waals surface area (Å²) in [7, 11) is 0. The molecule has 0 radical (unpaired) electrons. The second kappa shape index (κ2) is 6.37. The number of aryl methyl sites for hydroxylation is 2. The van der Waals surface area contributed by atoms with Gasteiger partial charge in [-0.3, -0.25) is 9.80 Å². The highest BCUT2D eigenvalue weighted by molar-refractivity contribution is 5.20. The molecular weight excluding hydrogens is 302 g/mol. The van der Waals surface area contributed by atoms with Crippen molar-refractivity contribution < 1.29 is 8.94 Å². The van der Waals surface area contributed by atoms with Crippen LogP contribution in [-0.2, 0) is 13.1 Å². The van der Waals surface area contributed by atoms with Gasteiger partial charge in [0.25, 0.3) is 0 Å². The second-order valence-electron chi connectivity index (χ2n) is 7.48. The van der Waals surface area contributed by atoms with E-state index in [-0.39, 0.29) is 0 Å². The van der Waals surface area contributed by atoms with E-state index >= 15 is 0 Å². The Morgan fingerprint density at radius 1 is 1.08 bits per heavy atom. The third kappa shape index (κ3) is 3.28. The van der Waals surface area contributed by atoms with E-state index in [9.17, 15) is 0 Å². The van der Waals surface area contributed by atoms with Crippen molar-refractivity contribution in [2.75, 3.05) is 26.2 Å². The standard InChI is InChI=1S/C19H27N3O2/c1-13-10-17(13)19-5-4-16(23-19)11-21-6-8-22(9-7-21)12-18-14(2)20-24-15(18)3/h4-5,13,17H,6-12H2,1-3H3/t13-,17+/m1/s1. The van der Waals surface area contributed by atoms with Gasteiger partial charge in [0.1, 0.15) is 17.3 Å². The highest BCUT2D eigenvalue weighted by Crippen LogP contribution is 2.47.